The molecule has 4 rings (SSSR count). The predicted octanol–water partition coefficient (Wildman–Crippen LogP) is 3.03. The van der Waals surface area contributed by atoms with Crippen molar-refractivity contribution in [1.29, 1.82) is 0 Å². The summed E-state index contributed by atoms with van der Waals surface area (Å²) in [6.45, 7) is 4.93. The summed E-state index contributed by atoms with van der Waals surface area (Å²) in [6, 6.07) is 12.2. The van der Waals surface area contributed by atoms with Crippen molar-refractivity contribution in [3.05, 3.63) is 59.7 Å². The van der Waals surface area contributed by atoms with Crippen LogP contribution in [0, 0.1) is 5.92 Å². The van der Waals surface area contributed by atoms with E-state index >= 15 is 0 Å². The number of esters is 2. The van der Waals surface area contributed by atoms with E-state index in [1.807, 2.05) is 11.8 Å². The number of benzene rings is 2. The van der Waals surface area contributed by atoms with Gasteiger partial charge in [-0.2, -0.15) is 0 Å². The maximum absolute atomic E-state index is 13.2. The first-order valence-corrected chi connectivity index (χ1v) is 13.1. The average Bonchev–Trinajstić information content (AvgIpc) is 3.25. The lowest BCUT2D eigenvalue weighted by atomic mass is 9.95. The van der Waals surface area contributed by atoms with Gasteiger partial charge in [-0.3, -0.25) is 24.1 Å². The van der Waals surface area contributed by atoms with Gasteiger partial charge in [0.1, 0.15) is 5.75 Å². The van der Waals surface area contributed by atoms with Gasteiger partial charge >= 0.3 is 11.9 Å². The third kappa shape index (κ3) is 6.51. The number of hydrogen-bond acceptors (Lipinski definition) is 9. The molecule has 0 aliphatic carbocycles. The topological polar surface area (TPSA) is 120 Å². The van der Waals surface area contributed by atoms with Crippen molar-refractivity contribution in [2.75, 3.05) is 37.8 Å². The third-order valence-corrected chi connectivity index (χ3v) is 6.90. The molecular formula is C29H32N2O8. The Bertz CT molecular complexity index is 1220. The smallest absolute Gasteiger partial charge is 0.338 e. The summed E-state index contributed by atoms with van der Waals surface area (Å²) in [5.74, 6) is -1.57. The van der Waals surface area contributed by atoms with Gasteiger partial charge < -0.3 is 14.2 Å². The van der Waals surface area contributed by atoms with Crippen LogP contribution in [0.2, 0.25) is 0 Å². The largest absolute Gasteiger partial charge is 0.494 e. The van der Waals surface area contributed by atoms with Gasteiger partial charge in [-0.25, -0.2) is 9.69 Å². The molecule has 2 aromatic rings. The van der Waals surface area contributed by atoms with Gasteiger partial charge in [0, 0.05) is 5.56 Å². The highest BCUT2D eigenvalue weighted by atomic mass is 16.5. The number of rotatable bonds is 10. The highest BCUT2D eigenvalue weighted by molar-refractivity contribution is 6.22. The SMILES string of the molecule is CCOC(=O)c1ccc(N2C(=O)C[C@H](N3CCC(C(=O)OCC(=O)c4ccc(OCC)cc4)CC3)C2=O)cc1. The van der Waals surface area contributed by atoms with Crippen molar-refractivity contribution in [2.45, 2.75) is 39.2 Å². The molecule has 2 amide bonds. The summed E-state index contributed by atoms with van der Waals surface area (Å²) in [5, 5.41) is 0. The minimum Gasteiger partial charge on any atom is -0.494 e. The van der Waals surface area contributed by atoms with Gasteiger partial charge in [-0.05, 0) is 88.3 Å². The second kappa shape index (κ2) is 12.7. The van der Waals surface area contributed by atoms with E-state index in [1.54, 1.807) is 43.3 Å². The van der Waals surface area contributed by atoms with Crippen LogP contribution < -0.4 is 9.64 Å². The number of ether oxygens (including phenoxy) is 3. The molecule has 2 aliphatic heterocycles. The zero-order valence-electron chi connectivity index (χ0n) is 22.1. The lowest BCUT2D eigenvalue weighted by Gasteiger charge is -2.33. The van der Waals surface area contributed by atoms with Crippen molar-refractivity contribution in [3.8, 4) is 5.75 Å². The monoisotopic (exact) mass is 536 g/mol. The first kappa shape index (κ1) is 28.0. The summed E-state index contributed by atoms with van der Waals surface area (Å²) >= 11 is 0. The zero-order valence-corrected chi connectivity index (χ0v) is 22.1. The summed E-state index contributed by atoms with van der Waals surface area (Å²) < 4.78 is 15.6. The summed E-state index contributed by atoms with van der Waals surface area (Å²) in [5.41, 5.74) is 1.17. The van der Waals surface area contributed by atoms with Gasteiger partial charge in [0.15, 0.2) is 12.4 Å². The van der Waals surface area contributed by atoms with Crippen LogP contribution in [0.15, 0.2) is 48.5 Å². The number of imide groups is 1. The molecule has 0 radical (unpaired) electrons. The maximum Gasteiger partial charge on any atom is 0.338 e. The fourth-order valence-corrected chi connectivity index (χ4v) is 4.82. The number of hydrogen-bond donors (Lipinski definition) is 0. The van der Waals surface area contributed by atoms with E-state index in [9.17, 15) is 24.0 Å². The van der Waals surface area contributed by atoms with E-state index in [1.165, 1.54) is 12.1 Å². The Kier molecular flexibility index (Phi) is 9.08. The number of carbonyl (C=O) groups is 5. The standard InChI is InChI=1S/C29H32N2O8/c1-3-37-23-11-7-19(8-12-23)25(32)18-39-29(36)21-13-15-30(16-14-21)24-17-26(33)31(27(24)34)22-9-5-20(6-10-22)28(35)38-4-2/h5-12,21,24H,3-4,13-18H2,1-2H3/t24-/m0/s1. The van der Waals surface area contributed by atoms with E-state index < -0.39 is 18.0 Å². The molecule has 2 heterocycles. The number of anilines is 1. The van der Waals surface area contributed by atoms with Gasteiger partial charge in [-0.1, -0.05) is 0 Å². The lowest BCUT2D eigenvalue weighted by Crippen LogP contribution is -2.47. The number of amides is 2. The van der Waals surface area contributed by atoms with Crippen LogP contribution in [0.5, 0.6) is 5.75 Å². The van der Waals surface area contributed by atoms with Crippen LogP contribution in [0.1, 0.15) is 53.8 Å². The molecule has 10 nitrogen and oxygen atoms in total. The van der Waals surface area contributed by atoms with E-state index in [0.717, 1.165) is 4.90 Å². The predicted molar refractivity (Wildman–Crippen MR) is 140 cm³/mol. The summed E-state index contributed by atoms with van der Waals surface area (Å²) in [4.78, 5) is 65.8. The second-order valence-electron chi connectivity index (χ2n) is 9.35. The zero-order chi connectivity index (χ0) is 27.9. The molecule has 2 aliphatic rings. The number of piperidine rings is 1. The Balaban J connectivity index is 1.27. The van der Waals surface area contributed by atoms with Crippen molar-refractivity contribution >= 4 is 35.2 Å². The Labute approximate surface area is 226 Å². The van der Waals surface area contributed by atoms with Crippen molar-refractivity contribution in [3.63, 3.8) is 0 Å². The Morgan fingerprint density at radius 2 is 1.49 bits per heavy atom. The summed E-state index contributed by atoms with van der Waals surface area (Å²) in [6.07, 6.45) is 0.967. The van der Waals surface area contributed by atoms with Crippen molar-refractivity contribution in [1.82, 2.24) is 4.90 Å². The Hall–Kier alpha value is -4.05. The van der Waals surface area contributed by atoms with Crippen molar-refractivity contribution < 1.29 is 38.2 Å². The van der Waals surface area contributed by atoms with Gasteiger partial charge in [-0.15, -0.1) is 0 Å². The van der Waals surface area contributed by atoms with Crippen LogP contribution in [0.4, 0.5) is 5.69 Å². The number of ketones is 1. The highest BCUT2D eigenvalue weighted by Crippen LogP contribution is 2.29. The third-order valence-electron chi connectivity index (χ3n) is 6.90. The molecule has 2 saturated heterocycles. The molecule has 1 atom stereocenters. The number of nitrogens with zero attached hydrogens (tertiary/aromatic N) is 2. The van der Waals surface area contributed by atoms with E-state index in [0.29, 0.717) is 55.1 Å². The van der Waals surface area contributed by atoms with Gasteiger partial charge in [0.2, 0.25) is 5.91 Å². The molecule has 39 heavy (non-hydrogen) atoms. The second-order valence-corrected chi connectivity index (χ2v) is 9.35. The number of Topliss-reactive ketones (excluding diaryl/α,β-unsaturated/α-hetero) is 1. The van der Waals surface area contributed by atoms with Crippen LogP contribution in [-0.4, -0.2) is 73.4 Å². The van der Waals surface area contributed by atoms with E-state index in [-0.39, 0.29) is 43.2 Å². The lowest BCUT2D eigenvalue weighted by molar-refractivity contribution is -0.149. The first-order valence-electron chi connectivity index (χ1n) is 13.1. The quantitative estimate of drug-likeness (QED) is 0.256. The average molecular weight is 537 g/mol. The number of carbonyl (C=O) groups excluding carboxylic acids is 5. The minimum absolute atomic E-state index is 0.0458. The molecule has 0 aromatic heterocycles. The van der Waals surface area contributed by atoms with E-state index in [4.69, 9.17) is 14.2 Å². The molecule has 0 N–H and O–H groups in total. The van der Waals surface area contributed by atoms with Crippen LogP contribution >= 0.6 is 0 Å². The Morgan fingerprint density at radius 1 is 0.846 bits per heavy atom. The maximum atomic E-state index is 13.2. The molecule has 0 spiro atoms. The molecule has 0 unspecified atom stereocenters. The molecule has 2 fully saturated rings. The molecule has 206 valence electrons. The molecule has 0 saturated carbocycles. The van der Waals surface area contributed by atoms with Crippen molar-refractivity contribution in [2.24, 2.45) is 5.92 Å². The molecule has 0 bridgehead atoms. The highest BCUT2D eigenvalue weighted by Gasteiger charge is 2.44. The fourth-order valence-electron chi connectivity index (χ4n) is 4.82. The van der Waals surface area contributed by atoms with Crippen LogP contribution in [0.3, 0.4) is 0 Å². The molecule has 2 aromatic carbocycles. The Morgan fingerprint density at radius 3 is 2.10 bits per heavy atom. The number of likely N-dealkylation sites (tertiary alicyclic amines) is 1. The van der Waals surface area contributed by atoms with Crippen LogP contribution in [-0.2, 0) is 23.9 Å². The van der Waals surface area contributed by atoms with Gasteiger partial charge in [0.25, 0.3) is 5.91 Å². The fraction of sp³-hybridized carbons (Fsp3) is 0.414. The normalized spacial score (nSPS) is 18.2. The summed E-state index contributed by atoms with van der Waals surface area (Å²) in [7, 11) is 0. The molecular weight excluding hydrogens is 504 g/mol. The minimum atomic E-state index is -0.611. The van der Waals surface area contributed by atoms with Crippen LogP contribution in [0.25, 0.3) is 0 Å². The first-order chi connectivity index (χ1) is 18.8. The molecule has 10 heteroatoms. The van der Waals surface area contributed by atoms with E-state index in [2.05, 4.69) is 0 Å². The van der Waals surface area contributed by atoms with Gasteiger partial charge in [0.05, 0.1) is 42.8 Å².